The second-order valence-corrected chi connectivity index (χ2v) is 1.60. The summed E-state index contributed by atoms with van der Waals surface area (Å²) in [7, 11) is -2.73. The molecule has 11 heteroatoms. The molecule has 0 amide bonds. The number of aliphatic carboxylic acids is 1. The molecule has 0 aliphatic carbocycles. The maximum absolute atomic E-state index is 12.1. The minimum Gasteiger partial charge on any atom is -1.00 e. The van der Waals surface area contributed by atoms with Crippen molar-refractivity contribution < 1.29 is 62.8 Å². The number of rotatable bonds is 5. The zero-order valence-corrected chi connectivity index (χ0v) is 6.78. The smallest absolute Gasteiger partial charge is 1.00 e. The average Bonchev–Trinajstić information content (AvgIpc) is 2.12. The van der Waals surface area contributed by atoms with Crippen molar-refractivity contribution >= 4 is 19.3 Å². The molecule has 0 rings (SSSR count). The molecule has 0 radical (unpaired) electrons. The average molecular weight is 210 g/mol. The standard InChI is InChI=1S/C3H2BF3O6.Li.H/c5-1(2(8)9)3(10)11-4(12-6)13-7;;/h1H,(H,8,9);;/q;+1;-1. The van der Waals surface area contributed by atoms with Gasteiger partial charge in [-0.3, -0.25) is 0 Å². The molecule has 0 fully saturated rings. The molecule has 1 unspecified atom stereocenters. The second kappa shape index (κ2) is 7.69. The molecule has 14 heavy (non-hydrogen) atoms. The molecule has 1 N–H and O–H groups in total. The van der Waals surface area contributed by atoms with E-state index < -0.39 is 25.4 Å². The van der Waals surface area contributed by atoms with E-state index in [2.05, 4.69) is 14.4 Å². The largest absolute Gasteiger partial charge is 1.00 e. The molecule has 6 nitrogen and oxygen atoms in total. The molecule has 0 aromatic carbocycles. The van der Waals surface area contributed by atoms with Crippen LogP contribution in [0.3, 0.4) is 0 Å². The van der Waals surface area contributed by atoms with Crippen LogP contribution in [0.2, 0.25) is 0 Å². The minimum absolute atomic E-state index is 0. The van der Waals surface area contributed by atoms with E-state index in [-0.39, 0.29) is 20.3 Å². The fourth-order valence-electron chi connectivity index (χ4n) is 0.306. The van der Waals surface area contributed by atoms with Gasteiger partial charge in [0.15, 0.2) is 0 Å². The van der Waals surface area contributed by atoms with Crippen molar-refractivity contribution in [3.8, 4) is 0 Å². The van der Waals surface area contributed by atoms with E-state index in [4.69, 9.17) is 5.11 Å². The van der Waals surface area contributed by atoms with Crippen molar-refractivity contribution in [2.75, 3.05) is 0 Å². The van der Waals surface area contributed by atoms with E-state index in [9.17, 15) is 23.0 Å². The Morgan fingerprint density at radius 1 is 1.36 bits per heavy atom. The molecule has 0 heterocycles. The maximum Gasteiger partial charge on any atom is 1.00 e. The van der Waals surface area contributed by atoms with Crippen LogP contribution >= 0.6 is 0 Å². The number of carbonyl (C=O) groups is 2. The molecule has 0 aliphatic rings. The van der Waals surface area contributed by atoms with Gasteiger partial charge in [-0.2, -0.15) is 9.72 Å². The normalized spacial score (nSPS) is 11.1. The Morgan fingerprint density at radius 2 is 1.79 bits per heavy atom. The van der Waals surface area contributed by atoms with Crippen LogP contribution in [0.1, 0.15) is 1.43 Å². The van der Waals surface area contributed by atoms with Gasteiger partial charge in [-0.25, -0.2) is 14.0 Å². The van der Waals surface area contributed by atoms with Crippen LogP contribution in [0, 0.1) is 0 Å². The van der Waals surface area contributed by atoms with Gasteiger partial charge in [0.2, 0.25) is 0 Å². The van der Waals surface area contributed by atoms with E-state index in [0.29, 0.717) is 0 Å². The van der Waals surface area contributed by atoms with Gasteiger partial charge in [0.05, 0.1) is 0 Å². The molecule has 0 bridgehead atoms. The Kier molecular flexibility index (Phi) is 8.66. The summed E-state index contributed by atoms with van der Waals surface area (Å²) in [5, 5.41) is 7.87. The fourth-order valence-corrected chi connectivity index (χ4v) is 0.306. The van der Waals surface area contributed by atoms with Crippen LogP contribution in [0.15, 0.2) is 0 Å². The summed E-state index contributed by atoms with van der Waals surface area (Å²) in [6, 6.07) is 0. The molecule has 0 saturated carbocycles. The maximum atomic E-state index is 12.1. The third kappa shape index (κ3) is 5.13. The zero-order chi connectivity index (χ0) is 10.4. The van der Waals surface area contributed by atoms with Gasteiger partial charge in [0.25, 0.3) is 6.17 Å². The predicted molar refractivity (Wildman–Crippen MR) is 29.9 cm³/mol. The van der Waals surface area contributed by atoms with E-state index in [0.717, 1.165) is 0 Å². The molecule has 0 aliphatic heterocycles. The number of hydrogen-bond donors (Lipinski definition) is 1. The molecule has 0 spiro atoms. The topological polar surface area (TPSA) is 82.1 Å². The third-order valence-corrected chi connectivity index (χ3v) is 0.782. The first-order valence-corrected chi connectivity index (χ1v) is 2.65. The number of alkyl halides is 1. The summed E-state index contributed by atoms with van der Waals surface area (Å²) in [6.45, 7) is 0. The van der Waals surface area contributed by atoms with Crippen molar-refractivity contribution in [1.82, 2.24) is 0 Å². The van der Waals surface area contributed by atoms with Crippen LogP contribution in [0.4, 0.5) is 13.4 Å². The van der Waals surface area contributed by atoms with E-state index in [1.54, 1.807) is 0 Å². The molecule has 76 valence electrons. The van der Waals surface area contributed by atoms with Crippen LogP contribution in [0.5, 0.6) is 0 Å². The van der Waals surface area contributed by atoms with Crippen molar-refractivity contribution in [2.24, 2.45) is 0 Å². The summed E-state index contributed by atoms with van der Waals surface area (Å²) in [5.41, 5.74) is 0. The number of carboxylic acids is 1. The van der Waals surface area contributed by atoms with Crippen molar-refractivity contribution in [2.45, 2.75) is 6.17 Å². The molecule has 0 aromatic heterocycles. The quantitative estimate of drug-likeness (QED) is 0.381. The first-order valence-electron chi connectivity index (χ1n) is 2.65. The number of hydrogen-bond acceptors (Lipinski definition) is 5. The van der Waals surface area contributed by atoms with Crippen molar-refractivity contribution in [3.63, 3.8) is 0 Å². The Hall–Kier alpha value is -0.688. The Morgan fingerprint density at radius 3 is 2.07 bits per heavy atom. The Bertz CT molecular complexity index is 206. The summed E-state index contributed by atoms with van der Waals surface area (Å²) in [6.07, 6.45) is -3.06. The predicted octanol–water partition coefficient (Wildman–Crippen LogP) is -3.14. The SMILES string of the molecule is O=C(O)C(F)C(=O)OB(OF)OF.[H-].[Li+]. The van der Waals surface area contributed by atoms with Crippen LogP contribution in [-0.4, -0.2) is 30.5 Å². The summed E-state index contributed by atoms with van der Waals surface area (Å²) < 4.78 is 37.6. The third-order valence-electron chi connectivity index (χ3n) is 0.782. The molecule has 1 atom stereocenters. The zero-order valence-electron chi connectivity index (χ0n) is 7.78. The van der Waals surface area contributed by atoms with Crippen LogP contribution in [0.25, 0.3) is 0 Å². The van der Waals surface area contributed by atoms with Gasteiger partial charge in [-0.1, -0.05) is 9.05 Å². The Balaban J connectivity index is -0.000000720. The van der Waals surface area contributed by atoms with Crippen molar-refractivity contribution in [1.29, 1.82) is 0 Å². The monoisotopic (exact) mass is 210 g/mol. The molecular formula is C3H3BF3LiO6. The first-order chi connectivity index (χ1) is 6.02. The van der Waals surface area contributed by atoms with Gasteiger partial charge < -0.3 is 11.2 Å². The number of carboxylic acid groups (broad SMARTS) is 1. The van der Waals surface area contributed by atoms with Gasteiger partial charge >= 0.3 is 38.1 Å². The Labute approximate surface area is 88.9 Å². The van der Waals surface area contributed by atoms with Gasteiger partial charge in [0, 0.05) is 0 Å². The minimum atomic E-state index is -3.06. The van der Waals surface area contributed by atoms with Gasteiger partial charge in [0.1, 0.15) is 0 Å². The first kappa shape index (κ1) is 15.8. The summed E-state index contributed by atoms with van der Waals surface area (Å²) >= 11 is 0. The van der Waals surface area contributed by atoms with E-state index in [1.165, 1.54) is 0 Å². The molecular weight excluding hydrogens is 207 g/mol. The molecule has 0 aromatic rings. The second-order valence-electron chi connectivity index (χ2n) is 1.60. The number of carbonyl (C=O) groups excluding carboxylic acids is 1. The van der Waals surface area contributed by atoms with Crippen molar-refractivity contribution in [3.05, 3.63) is 0 Å². The van der Waals surface area contributed by atoms with E-state index in [1.807, 2.05) is 0 Å². The summed E-state index contributed by atoms with van der Waals surface area (Å²) in [5.74, 6) is -4.21. The molecule has 0 saturated heterocycles. The van der Waals surface area contributed by atoms with Crippen LogP contribution < -0.4 is 18.9 Å². The van der Waals surface area contributed by atoms with Gasteiger partial charge in [-0.05, 0) is 0 Å². The fraction of sp³-hybridized carbons (Fsp3) is 0.333. The van der Waals surface area contributed by atoms with E-state index >= 15 is 0 Å². The van der Waals surface area contributed by atoms with Gasteiger partial charge in [-0.15, -0.1) is 0 Å². The van der Waals surface area contributed by atoms with Crippen LogP contribution in [-0.2, 0) is 24.0 Å². The summed E-state index contributed by atoms with van der Waals surface area (Å²) in [4.78, 5) is 25.0. The number of halogens is 3.